The first-order valence-electron chi connectivity index (χ1n) is 9.46. The van der Waals surface area contributed by atoms with Gasteiger partial charge in [0.05, 0.1) is 6.61 Å². The molecule has 138 valence electrons. The molecule has 1 saturated carbocycles. The van der Waals surface area contributed by atoms with E-state index < -0.39 is 17.7 Å². The fourth-order valence-electron chi connectivity index (χ4n) is 5.34. The van der Waals surface area contributed by atoms with E-state index in [4.69, 9.17) is 24.0 Å². The Balaban J connectivity index is 1.64. The van der Waals surface area contributed by atoms with Crippen molar-refractivity contribution in [3.63, 3.8) is 0 Å². The second-order valence-corrected chi connectivity index (χ2v) is 8.25. The monoisotopic (exact) mass is 341 g/mol. The van der Waals surface area contributed by atoms with Crippen LogP contribution in [0.4, 0.5) is 0 Å². The van der Waals surface area contributed by atoms with Gasteiger partial charge in [0.2, 0.25) is 5.79 Å². The molecule has 0 aromatic heterocycles. The van der Waals surface area contributed by atoms with Crippen molar-refractivity contribution in [2.75, 3.05) is 20.2 Å². The molecule has 0 aromatic carbocycles. The Morgan fingerprint density at radius 1 is 1.12 bits per heavy atom. The molecular weight excluding hydrogens is 310 g/mol. The van der Waals surface area contributed by atoms with Crippen molar-refractivity contribution in [3.8, 4) is 0 Å². The Bertz CT molecular complexity index is 476. The van der Waals surface area contributed by atoms with Crippen LogP contribution in [-0.2, 0) is 24.0 Å². The fraction of sp³-hybridized carbons (Fsp3) is 1.00. The molecule has 5 rings (SSSR count). The van der Waals surface area contributed by atoms with Gasteiger partial charge < -0.3 is 19.5 Å². The number of nitrogens with one attached hydrogen (secondary N) is 1. The number of ether oxygens (including phenoxy) is 3. The Morgan fingerprint density at radius 2 is 1.96 bits per heavy atom. The second kappa shape index (κ2) is 6.18. The minimum Gasteiger partial charge on any atom is -0.351 e. The number of fused-ring (bicyclic) bond motifs is 2. The number of rotatable bonds is 4. The van der Waals surface area contributed by atoms with Crippen LogP contribution in [-0.4, -0.2) is 44.2 Å². The third kappa shape index (κ3) is 2.46. The van der Waals surface area contributed by atoms with Gasteiger partial charge in [-0.2, -0.15) is 0 Å². The molecule has 6 heteroatoms. The zero-order valence-corrected chi connectivity index (χ0v) is 15.2. The van der Waals surface area contributed by atoms with Gasteiger partial charge >= 0.3 is 0 Å². The molecule has 0 radical (unpaired) electrons. The summed E-state index contributed by atoms with van der Waals surface area (Å²) in [6.07, 6.45) is 3.57. The summed E-state index contributed by atoms with van der Waals surface area (Å²) in [5, 5.41) is 3.11. The van der Waals surface area contributed by atoms with Crippen LogP contribution in [0.15, 0.2) is 0 Å². The summed E-state index contributed by atoms with van der Waals surface area (Å²) in [5.41, 5.74) is -0.490. The first kappa shape index (κ1) is 17.2. The van der Waals surface area contributed by atoms with Gasteiger partial charge in [0, 0.05) is 24.8 Å². The van der Waals surface area contributed by atoms with Gasteiger partial charge in [-0.25, -0.2) is 9.78 Å². The lowest BCUT2D eigenvalue weighted by atomic mass is 9.58. The normalized spacial score (nSPS) is 53.5. The van der Waals surface area contributed by atoms with Crippen LogP contribution in [0.25, 0.3) is 0 Å². The highest BCUT2D eigenvalue weighted by Gasteiger charge is 2.69. The molecule has 5 fully saturated rings. The van der Waals surface area contributed by atoms with E-state index in [1.165, 1.54) is 6.42 Å². The lowest BCUT2D eigenvalue weighted by Gasteiger charge is -2.60. The van der Waals surface area contributed by atoms with Crippen LogP contribution in [0.2, 0.25) is 0 Å². The third-order valence-electron chi connectivity index (χ3n) is 6.73. The van der Waals surface area contributed by atoms with Crippen molar-refractivity contribution in [1.29, 1.82) is 0 Å². The smallest absolute Gasteiger partial charge is 0.201 e. The molecule has 0 unspecified atom stereocenters. The van der Waals surface area contributed by atoms with E-state index >= 15 is 0 Å². The van der Waals surface area contributed by atoms with Crippen molar-refractivity contribution < 1.29 is 24.0 Å². The lowest BCUT2D eigenvalue weighted by molar-refractivity contribution is -0.577. The van der Waals surface area contributed by atoms with Gasteiger partial charge in [-0.15, -0.1) is 0 Å². The van der Waals surface area contributed by atoms with E-state index in [0.717, 1.165) is 25.8 Å². The van der Waals surface area contributed by atoms with Crippen molar-refractivity contribution in [2.24, 2.45) is 23.7 Å². The maximum absolute atomic E-state index is 6.33. The summed E-state index contributed by atoms with van der Waals surface area (Å²) in [7, 11) is 1.93. The van der Waals surface area contributed by atoms with Gasteiger partial charge in [-0.3, -0.25) is 0 Å². The Labute approximate surface area is 144 Å². The molecule has 1 N–H and O–H groups in total. The number of likely N-dealkylation sites (N-methyl/N-ethyl adjacent to an activating group) is 1. The topological polar surface area (TPSA) is 58.2 Å². The van der Waals surface area contributed by atoms with Gasteiger partial charge in [0.15, 0.2) is 18.2 Å². The summed E-state index contributed by atoms with van der Waals surface area (Å²) in [6, 6.07) is 0. The van der Waals surface area contributed by atoms with E-state index in [-0.39, 0.29) is 12.2 Å². The maximum atomic E-state index is 6.33. The first-order valence-corrected chi connectivity index (χ1v) is 9.46. The molecule has 1 spiro atoms. The van der Waals surface area contributed by atoms with E-state index in [1.807, 2.05) is 14.0 Å². The van der Waals surface area contributed by atoms with Crippen LogP contribution in [0.1, 0.15) is 46.5 Å². The third-order valence-corrected chi connectivity index (χ3v) is 6.73. The highest BCUT2D eigenvalue weighted by Crippen LogP contribution is 2.60. The van der Waals surface area contributed by atoms with Crippen LogP contribution in [0.5, 0.6) is 0 Å². The summed E-state index contributed by atoms with van der Waals surface area (Å²) in [5.74, 6) is 0.871. The molecule has 4 heterocycles. The molecule has 2 bridgehead atoms. The quantitative estimate of drug-likeness (QED) is 0.626. The minimum absolute atomic E-state index is 0.250. The van der Waals surface area contributed by atoms with Crippen LogP contribution in [0, 0.1) is 23.7 Å². The van der Waals surface area contributed by atoms with Crippen LogP contribution < -0.4 is 5.32 Å². The van der Waals surface area contributed by atoms with Gasteiger partial charge in [0.1, 0.15) is 0 Å². The summed E-state index contributed by atoms with van der Waals surface area (Å²) < 4.78 is 18.6. The zero-order chi connectivity index (χ0) is 16.9. The van der Waals surface area contributed by atoms with Gasteiger partial charge in [-0.1, -0.05) is 13.8 Å². The summed E-state index contributed by atoms with van der Waals surface area (Å²) in [4.78, 5) is 11.9. The van der Waals surface area contributed by atoms with E-state index in [9.17, 15) is 0 Å². The number of hydrogen-bond acceptors (Lipinski definition) is 6. The molecule has 4 aliphatic heterocycles. The standard InChI is InChI=1S/C18H31NO5/c1-11-5-6-14-12(2)15(20-10-9-19-4)21-16-18(14)13(11)7-8-17(3,22-16)23-24-18/h11-16,19H,5-10H2,1-4H3/t11-,12-,13+,14+,15+,16-,17+,18-/m1/s1. The number of hydrogen-bond donors (Lipinski definition) is 1. The summed E-state index contributed by atoms with van der Waals surface area (Å²) >= 11 is 0. The molecular formula is C18H31NO5. The fourth-order valence-corrected chi connectivity index (χ4v) is 5.34. The molecule has 8 atom stereocenters. The van der Waals surface area contributed by atoms with Crippen molar-refractivity contribution in [1.82, 2.24) is 5.32 Å². The molecule has 5 aliphatic rings. The largest absolute Gasteiger partial charge is 0.351 e. The van der Waals surface area contributed by atoms with Gasteiger partial charge in [-0.05, 0) is 45.1 Å². The van der Waals surface area contributed by atoms with Crippen molar-refractivity contribution in [2.45, 2.75) is 70.4 Å². The molecule has 4 saturated heterocycles. The predicted octanol–water partition coefficient (Wildman–Crippen LogP) is 2.43. The molecule has 1 aliphatic carbocycles. The molecule has 24 heavy (non-hydrogen) atoms. The zero-order valence-electron chi connectivity index (χ0n) is 15.2. The maximum Gasteiger partial charge on any atom is 0.201 e. The SMILES string of the molecule is CNCCO[C@H]1O[C@@H]2O[C@]3(C)CC[C@H]4[C@H](C)CC[C@@H]([C@H]1C)[C@@]24OO3. The molecule has 0 aromatic rings. The van der Waals surface area contributed by atoms with Gasteiger partial charge in [0.25, 0.3) is 0 Å². The highest BCUT2D eigenvalue weighted by molar-refractivity contribution is 5.09. The van der Waals surface area contributed by atoms with E-state index in [0.29, 0.717) is 24.4 Å². The average molecular weight is 341 g/mol. The minimum atomic E-state index is -0.715. The molecule has 0 amide bonds. The summed E-state index contributed by atoms with van der Waals surface area (Å²) in [6.45, 7) is 7.94. The first-order chi connectivity index (χ1) is 11.5. The highest BCUT2D eigenvalue weighted by atomic mass is 17.3. The van der Waals surface area contributed by atoms with E-state index in [2.05, 4.69) is 19.2 Å². The Morgan fingerprint density at radius 3 is 2.75 bits per heavy atom. The van der Waals surface area contributed by atoms with Crippen LogP contribution >= 0.6 is 0 Å². The molecule has 6 nitrogen and oxygen atoms in total. The van der Waals surface area contributed by atoms with Crippen LogP contribution in [0.3, 0.4) is 0 Å². The second-order valence-electron chi connectivity index (χ2n) is 8.25. The Kier molecular flexibility index (Phi) is 4.43. The average Bonchev–Trinajstić information content (AvgIpc) is 2.78. The Hall–Kier alpha value is -0.240. The van der Waals surface area contributed by atoms with Crippen molar-refractivity contribution >= 4 is 0 Å². The predicted molar refractivity (Wildman–Crippen MR) is 86.7 cm³/mol. The lowest BCUT2D eigenvalue weighted by Crippen LogP contribution is -2.70. The van der Waals surface area contributed by atoms with Crippen molar-refractivity contribution in [3.05, 3.63) is 0 Å². The van der Waals surface area contributed by atoms with E-state index in [1.54, 1.807) is 0 Å².